The van der Waals surface area contributed by atoms with Crippen LogP contribution in [0.2, 0.25) is 0 Å². The molecule has 1 aliphatic rings. The maximum Gasteiger partial charge on any atom is 0.307 e. The summed E-state index contributed by atoms with van der Waals surface area (Å²) >= 11 is 0. The van der Waals surface area contributed by atoms with Crippen LogP contribution in [0.1, 0.15) is 38.8 Å². The third-order valence-corrected chi connectivity index (χ3v) is 4.40. The number of carbonyl (C=O) groups excluding carboxylic acids is 3. The quantitative estimate of drug-likeness (QED) is 0.668. The minimum absolute atomic E-state index is 0.0555. The van der Waals surface area contributed by atoms with Crippen LogP contribution in [0.15, 0.2) is 30.3 Å². The molecule has 2 unspecified atom stereocenters. The van der Waals surface area contributed by atoms with Gasteiger partial charge in [-0.05, 0) is 18.4 Å². The van der Waals surface area contributed by atoms with E-state index in [-0.39, 0.29) is 36.7 Å². The molecule has 0 bridgehead atoms. The van der Waals surface area contributed by atoms with Crippen molar-refractivity contribution in [1.29, 1.82) is 0 Å². The van der Waals surface area contributed by atoms with Gasteiger partial charge in [0, 0.05) is 13.1 Å². The van der Waals surface area contributed by atoms with E-state index in [1.54, 1.807) is 4.90 Å². The molecule has 0 aromatic heterocycles. The molecule has 1 heterocycles. The number of esters is 1. The number of nitrogens with zero attached hydrogens (tertiary/aromatic N) is 1. The first-order chi connectivity index (χ1) is 12.9. The van der Waals surface area contributed by atoms with Crippen molar-refractivity contribution >= 4 is 17.8 Å². The van der Waals surface area contributed by atoms with Crippen LogP contribution >= 0.6 is 0 Å². The standard InChI is InChI=1S/C20H29N3O4/c1-14(2)13-27-19(25)11-17-20(26)21-9-10-23(17)12-18(24)22-15(3)16-7-5-4-6-8-16/h4-8,14-15,17H,9-13H2,1-3H3,(H,21,26)(H,22,24). The van der Waals surface area contributed by atoms with Gasteiger partial charge < -0.3 is 15.4 Å². The lowest BCUT2D eigenvalue weighted by molar-refractivity contribution is -0.150. The van der Waals surface area contributed by atoms with Crippen molar-refractivity contribution in [3.8, 4) is 0 Å². The second-order valence-corrected chi connectivity index (χ2v) is 7.26. The van der Waals surface area contributed by atoms with Crippen molar-refractivity contribution < 1.29 is 19.1 Å². The normalized spacial score (nSPS) is 18.7. The number of benzene rings is 1. The van der Waals surface area contributed by atoms with E-state index >= 15 is 0 Å². The van der Waals surface area contributed by atoms with Crippen molar-refractivity contribution in [2.24, 2.45) is 5.92 Å². The minimum Gasteiger partial charge on any atom is -0.465 e. The Morgan fingerprint density at radius 3 is 2.63 bits per heavy atom. The number of piperazine rings is 1. The zero-order valence-corrected chi connectivity index (χ0v) is 16.2. The SMILES string of the molecule is CC(C)COC(=O)CC1C(=O)NCCN1CC(=O)NC(C)c1ccccc1. The molecule has 0 saturated carbocycles. The van der Waals surface area contributed by atoms with Crippen molar-refractivity contribution in [2.75, 3.05) is 26.2 Å². The number of hydrogen-bond donors (Lipinski definition) is 2. The number of rotatable bonds is 8. The topological polar surface area (TPSA) is 87.7 Å². The van der Waals surface area contributed by atoms with Gasteiger partial charge in [0.25, 0.3) is 0 Å². The lowest BCUT2D eigenvalue weighted by Gasteiger charge is -2.34. The minimum atomic E-state index is -0.684. The molecule has 7 nitrogen and oxygen atoms in total. The molecule has 1 aromatic rings. The fraction of sp³-hybridized carbons (Fsp3) is 0.550. The molecule has 2 amide bonds. The van der Waals surface area contributed by atoms with Gasteiger partial charge in [0.1, 0.15) is 6.04 Å². The molecule has 2 atom stereocenters. The van der Waals surface area contributed by atoms with Gasteiger partial charge in [-0.15, -0.1) is 0 Å². The van der Waals surface area contributed by atoms with Crippen LogP contribution in [0, 0.1) is 5.92 Å². The molecule has 7 heteroatoms. The Balaban J connectivity index is 1.92. The van der Waals surface area contributed by atoms with Crippen molar-refractivity contribution in [1.82, 2.24) is 15.5 Å². The number of carbonyl (C=O) groups is 3. The Morgan fingerprint density at radius 1 is 1.26 bits per heavy atom. The molecule has 2 rings (SSSR count). The summed E-state index contributed by atoms with van der Waals surface area (Å²) in [5.41, 5.74) is 1.01. The lowest BCUT2D eigenvalue weighted by atomic mass is 10.1. The average Bonchev–Trinajstić information content (AvgIpc) is 2.63. The van der Waals surface area contributed by atoms with E-state index < -0.39 is 12.0 Å². The summed E-state index contributed by atoms with van der Waals surface area (Å²) in [5, 5.41) is 5.70. The van der Waals surface area contributed by atoms with E-state index in [9.17, 15) is 14.4 Å². The van der Waals surface area contributed by atoms with Crippen molar-refractivity contribution in [2.45, 2.75) is 39.3 Å². The van der Waals surface area contributed by atoms with E-state index in [1.165, 1.54) is 0 Å². The van der Waals surface area contributed by atoms with Crippen LogP contribution in [-0.2, 0) is 19.1 Å². The van der Waals surface area contributed by atoms with Crippen LogP contribution in [0.5, 0.6) is 0 Å². The average molecular weight is 375 g/mol. The van der Waals surface area contributed by atoms with Crippen LogP contribution in [-0.4, -0.2) is 55.0 Å². The van der Waals surface area contributed by atoms with Crippen LogP contribution in [0.4, 0.5) is 0 Å². The number of nitrogens with one attached hydrogen (secondary N) is 2. The van der Waals surface area contributed by atoms with E-state index in [1.807, 2.05) is 51.1 Å². The monoisotopic (exact) mass is 375 g/mol. The first-order valence-electron chi connectivity index (χ1n) is 9.38. The van der Waals surface area contributed by atoms with E-state index in [0.717, 1.165) is 5.56 Å². The predicted octanol–water partition coefficient (Wildman–Crippen LogP) is 1.25. The summed E-state index contributed by atoms with van der Waals surface area (Å²) in [6, 6.07) is 8.85. The number of amides is 2. The maximum absolute atomic E-state index is 12.4. The van der Waals surface area contributed by atoms with E-state index in [2.05, 4.69) is 10.6 Å². The highest BCUT2D eigenvalue weighted by molar-refractivity contribution is 5.88. The molecule has 1 aromatic carbocycles. The molecule has 1 fully saturated rings. The first kappa shape index (κ1) is 20.9. The molecule has 0 aliphatic carbocycles. The zero-order chi connectivity index (χ0) is 19.8. The number of hydrogen-bond acceptors (Lipinski definition) is 5. The third-order valence-electron chi connectivity index (χ3n) is 4.40. The van der Waals surface area contributed by atoms with Gasteiger partial charge in [0.05, 0.1) is 25.6 Å². The van der Waals surface area contributed by atoms with Crippen LogP contribution in [0.3, 0.4) is 0 Å². The Labute approximate surface area is 160 Å². The van der Waals surface area contributed by atoms with E-state index in [4.69, 9.17) is 4.74 Å². The summed E-state index contributed by atoms with van der Waals surface area (Å²) in [5.74, 6) is -0.613. The molecule has 1 saturated heterocycles. The molecular formula is C20H29N3O4. The van der Waals surface area contributed by atoms with Crippen molar-refractivity contribution in [3.63, 3.8) is 0 Å². The van der Waals surface area contributed by atoms with Gasteiger partial charge >= 0.3 is 5.97 Å². The highest BCUT2D eigenvalue weighted by Gasteiger charge is 2.33. The summed E-state index contributed by atoms with van der Waals surface area (Å²) < 4.78 is 5.18. The molecule has 27 heavy (non-hydrogen) atoms. The van der Waals surface area contributed by atoms with Gasteiger partial charge in [-0.1, -0.05) is 44.2 Å². The largest absolute Gasteiger partial charge is 0.465 e. The second-order valence-electron chi connectivity index (χ2n) is 7.26. The molecule has 0 spiro atoms. The molecular weight excluding hydrogens is 346 g/mol. The van der Waals surface area contributed by atoms with Gasteiger partial charge in [-0.2, -0.15) is 0 Å². The van der Waals surface area contributed by atoms with E-state index in [0.29, 0.717) is 19.7 Å². The molecule has 148 valence electrons. The summed E-state index contributed by atoms with van der Waals surface area (Å²) in [6.45, 7) is 7.17. The Hall–Kier alpha value is -2.41. The second kappa shape index (κ2) is 10.1. The highest BCUT2D eigenvalue weighted by atomic mass is 16.5. The fourth-order valence-corrected chi connectivity index (χ4v) is 2.95. The van der Waals surface area contributed by atoms with Gasteiger partial charge in [0.2, 0.25) is 11.8 Å². The fourth-order valence-electron chi connectivity index (χ4n) is 2.95. The Morgan fingerprint density at radius 2 is 1.96 bits per heavy atom. The lowest BCUT2D eigenvalue weighted by Crippen LogP contribution is -2.58. The zero-order valence-electron chi connectivity index (χ0n) is 16.2. The first-order valence-corrected chi connectivity index (χ1v) is 9.38. The van der Waals surface area contributed by atoms with Crippen molar-refractivity contribution in [3.05, 3.63) is 35.9 Å². The summed E-state index contributed by atoms with van der Waals surface area (Å²) in [6.07, 6.45) is -0.0555. The Kier molecular flexibility index (Phi) is 7.79. The molecule has 2 N–H and O–H groups in total. The molecule has 0 radical (unpaired) electrons. The number of ether oxygens (including phenoxy) is 1. The highest BCUT2D eigenvalue weighted by Crippen LogP contribution is 2.13. The maximum atomic E-state index is 12.4. The summed E-state index contributed by atoms with van der Waals surface area (Å²) in [7, 11) is 0. The van der Waals surface area contributed by atoms with Crippen LogP contribution < -0.4 is 10.6 Å². The summed E-state index contributed by atoms with van der Waals surface area (Å²) in [4.78, 5) is 38.4. The van der Waals surface area contributed by atoms with Crippen LogP contribution in [0.25, 0.3) is 0 Å². The van der Waals surface area contributed by atoms with Gasteiger partial charge in [-0.25, -0.2) is 0 Å². The van der Waals surface area contributed by atoms with Gasteiger partial charge in [0.15, 0.2) is 0 Å². The predicted molar refractivity (Wildman–Crippen MR) is 102 cm³/mol. The van der Waals surface area contributed by atoms with Gasteiger partial charge in [-0.3, -0.25) is 19.3 Å². The third kappa shape index (κ3) is 6.67. The molecule has 1 aliphatic heterocycles. The Bertz CT molecular complexity index is 648. The smallest absolute Gasteiger partial charge is 0.307 e.